The molecular formula is C24H27F3N4O5. The summed E-state index contributed by atoms with van der Waals surface area (Å²) < 4.78 is 56.2. The van der Waals surface area contributed by atoms with E-state index in [1.807, 2.05) is 0 Å². The van der Waals surface area contributed by atoms with E-state index in [2.05, 4.69) is 15.3 Å². The molecule has 1 atom stereocenters. The molecular weight excluding hydrogens is 481 g/mol. The zero-order valence-electron chi connectivity index (χ0n) is 20.6. The second-order valence-corrected chi connectivity index (χ2v) is 9.37. The number of alkyl carbamates (subject to hydrolysis) is 1. The van der Waals surface area contributed by atoms with Crippen molar-refractivity contribution in [3.05, 3.63) is 41.4 Å². The topological polar surface area (TPSA) is 130 Å². The van der Waals surface area contributed by atoms with Crippen molar-refractivity contribution >= 4 is 22.9 Å². The first-order valence-electron chi connectivity index (χ1n) is 11.0. The van der Waals surface area contributed by atoms with Crippen LogP contribution in [0.25, 0.3) is 22.4 Å². The SMILES string of the molecule is COc1ccc(-c2nc(C(N)=O)c([C@@H](NC(=O)OC(C)(C)C)C(C)C)o2)c2ccc(C(F)(F)F)nc12. The Balaban J connectivity index is 2.16. The predicted molar refractivity (Wildman–Crippen MR) is 124 cm³/mol. The van der Waals surface area contributed by atoms with Gasteiger partial charge in [0, 0.05) is 10.9 Å². The molecule has 36 heavy (non-hydrogen) atoms. The highest BCUT2D eigenvalue weighted by Gasteiger charge is 2.34. The van der Waals surface area contributed by atoms with Crippen molar-refractivity contribution in [1.29, 1.82) is 0 Å². The molecule has 3 aromatic rings. The van der Waals surface area contributed by atoms with Crippen molar-refractivity contribution in [3.8, 4) is 17.2 Å². The summed E-state index contributed by atoms with van der Waals surface area (Å²) >= 11 is 0. The number of rotatable bonds is 6. The van der Waals surface area contributed by atoms with E-state index in [0.29, 0.717) is 0 Å². The van der Waals surface area contributed by atoms with Gasteiger partial charge in [-0.2, -0.15) is 13.2 Å². The molecule has 3 N–H and O–H groups in total. The van der Waals surface area contributed by atoms with Crippen molar-refractivity contribution in [1.82, 2.24) is 15.3 Å². The van der Waals surface area contributed by atoms with Crippen LogP contribution in [-0.2, 0) is 10.9 Å². The molecule has 2 heterocycles. The fraction of sp³-hybridized carbons (Fsp3) is 0.417. The number of amides is 2. The van der Waals surface area contributed by atoms with Gasteiger partial charge in [0.05, 0.1) is 13.2 Å². The first-order chi connectivity index (χ1) is 16.6. The quantitative estimate of drug-likeness (QED) is 0.466. The minimum absolute atomic E-state index is 0.0119. The molecule has 0 spiro atoms. The number of nitrogens with zero attached hydrogens (tertiary/aromatic N) is 2. The summed E-state index contributed by atoms with van der Waals surface area (Å²) in [5.41, 5.74) is 3.62. The number of carbonyl (C=O) groups excluding carboxylic acids is 2. The predicted octanol–water partition coefficient (Wildman–Crippen LogP) is 5.24. The van der Waals surface area contributed by atoms with Crippen molar-refractivity contribution < 1.29 is 36.7 Å². The number of benzene rings is 1. The van der Waals surface area contributed by atoms with Gasteiger partial charge in [-0.15, -0.1) is 0 Å². The molecule has 1 aromatic carbocycles. The van der Waals surface area contributed by atoms with Crippen LogP contribution in [0.4, 0.5) is 18.0 Å². The number of methoxy groups -OCH3 is 1. The molecule has 0 aliphatic carbocycles. The highest BCUT2D eigenvalue weighted by molar-refractivity contribution is 5.98. The fourth-order valence-corrected chi connectivity index (χ4v) is 3.51. The van der Waals surface area contributed by atoms with E-state index in [-0.39, 0.29) is 45.5 Å². The average Bonchev–Trinajstić information content (AvgIpc) is 3.19. The molecule has 0 aliphatic rings. The fourth-order valence-electron chi connectivity index (χ4n) is 3.51. The number of halogens is 3. The Morgan fingerprint density at radius 2 is 1.75 bits per heavy atom. The van der Waals surface area contributed by atoms with Crippen LogP contribution in [0.3, 0.4) is 0 Å². The van der Waals surface area contributed by atoms with Crippen LogP contribution in [0, 0.1) is 5.92 Å². The number of alkyl halides is 3. The number of fused-ring (bicyclic) bond motifs is 1. The maximum atomic E-state index is 13.3. The summed E-state index contributed by atoms with van der Waals surface area (Å²) in [7, 11) is 1.31. The lowest BCUT2D eigenvalue weighted by Gasteiger charge is -2.24. The van der Waals surface area contributed by atoms with E-state index in [9.17, 15) is 22.8 Å². The molecule has 0 unspecified atom stereocenters. The Kier molecular flexibility index (Phi) is 7.19. The number of oxazole rings is 1. The minimum atomic E-state index is -4.66. The van der Waals surface area contributed by atoms with Crippen LogP contribution in [0.5, 0.6) is 5.75 Å². The largest absolute Gasteiger partial charge is 0.494 e. The summed E-state index contributed by atoms with van der Waals surface area (Å²) in [5.74, 6) is -1.19. The van der Waals surface area contributed by atoms with Gasteiger partial charge in [-0.25, -0.2) is 14.8 Å². The van der Waals surface area contributed by atoms with Crippen molar-refractivity contribution in [3.63, 3.8) is 0 Å². The first-order valence-corrected chi connectivity index (χ1v) is 11.0. The van der Waals surface area contributed by atoms with Crippen LogP contribution >= 0.6 is 0 Å². The first kappa shape index (κ1) is 26.8. The van der Waals surface area contributed by atoms with Gasteiger partial charge in [0.1, 0.15) is 22.6 Å². The number of pyridine rings is 1. The number of carbonyl (C=O) groups is 2. The monoisotopic (exact) mass is 508 g/mol. The number of ether oxygens (including phenoxy) is 2. The summed E-state index contributed by atoms with van der Waals surface area (Å²) in [6, 6.07) is 4.13. The van der Waals surface area contributed by atoms with Gasteiger partial charge in [-0.3, -0.25) is 4.79 Å². The van der Waals surface area contributed by atoms with Gasteiger partial charge in [-0.05, 0) is 51.0 Å². The van der Waals surface area contributed by atoms with Gasteiger partial charge in [0.25, 0.3) is 5.91 Å². The average molecular weight is 508 g/mol. The van der Waals surface area contributed by atoms with E-state index in [1.54, 1.807) is 34.6 Å². The van der Waals surface area contributed by atoms with Crippen molar-refractivity contribution in [2.45, 2.75) is 52.4 Å². The highest BCUT2D eigenvalue weighted by atomic mass is 19.4. The Morgan fingerprint density at radius 3 is 2.28 bits per heavy atom. The van der Waals surface area contributed by atoms with Crippen LogP contribution in [-0.4, -0.2) is 34.7 Å². The molecule has 0 radical (unpaired) electrons. The number of aromatic nitrogens is 2. The Bertz CT molecular complexity index is 1300. The smallest absolute Gasteiger partial charge is 0.433 e. The molecule has 0 saturated carbocycles. The maximum Gasteiger partial charge on any atom is 0.433 e. The Labute approximate surface area is 205 Å². The van der Waals surface area contributed by atoms with Crippen LogP contribution in [0.2, 0.25) is 0 Å². The zero-order valence-corrected chi connectivity index (χ0v) is 20.6. The summed E-state index contributed by atoms with van der Waals surface area (Å²) in [6.45, 7) is 8.66. The van der Waals surface area contributed by atoms with E-state index >= 15 is 0 Å². The highest BCUT2D eigenvalue weighted by Crippen LogP contribution is 2.38. The minimum Gasteiger partial charge on any atom is -0.494 e. The third-order valence-electron chi connectivity index (χ3n) is 5.07. The molecule has 0 bridgehead atoms. The second-order valence-electron chi connectivity index (χ2n) is 9.37. The molecule has 9 nitrogen and oxygen atoms in total. The zero-order chi connectivity index (χ0) is 27.0. The Morgan fingerprint density at radius 1 is 1.08 bits per heavy atom. The van der Waals surface area contributed by atoms with E-state index in [1.165, 1.54) is 25.3 Å². The molecule has 0 fully saturated rings. The number of hydrogen-bond acceptors (Lipinski definition) is 7. The molecule has 0 saturated heterocycles. The van der Waals surface area contributed by atoms with Crippen LogP contribution in [0.1, 0.15) is 62.6 Å². The van der Waals surface area contributed by atoms with Crippen LogP contribution in [0.15, 0.2) is 28.7 Å². The lowest BCUT2D eigenvalue weighted by Crippen LogP contribution is -2.37. The van der Waals surface area contributed by atoms with E-state index < -0.39 is 35.5 Å². The number of hydrogen-bond donors (Lipinski definition) is 2. The number of primary amides is 1. The van der Waals surface area contributed by atoms with E-state index in [4.69, 9.17) is 19.6 Å². The maximum absolute atomic E-state index is 13.3. The van der Waals surface area contributed by atoms with Crippen molar-refractivity contribution in [2.24, 2.45) is 11.7 Å². The summed E-state index contributed by atoms with van der Waals surface area (Å²) in [5, 5.41) is 2.91. The molecule has 2 amide bonds. The summed E-state index contributed by atoms with van der Waals surface area (Å²) in [4.78, 5) is 32.6. The third-order valence-corrected chi connectivity index (χ3v) is 5.07. The second kappa shape index (κ2) is 9.67. The standard InChI is InChI=1S/C24H27F3N4O5/c1-11(2)16(31-22(33)36-23(3,4)5)19-18(20(28)32)30-21(35-19)13-7-9-14(34-6)17-12(13)8-10-15(29-17)24(25,26)27/h7-11,16H,1-6H3,(H2,28,32)(H,31,33)/t16-/m0/s1. The van der Waals surface area contributed by atoms with Gasteiger partial charge in [-0.1, -0.05) is 13.8 Å². The van der Waals surface area contributed by atoms with Gasteiger partial charge in [0.15, 0.2) is 11.5 Å². The number of nitrogens with two attached hydrogens (primary N) is 1. The van der Waals surface area contributed by atoms with Crippen molar-refractivity contribution in [2.75, 3.05) is 7.11 Å². The number of nitrogens with one attached hydrogen (secondary N) is 1. The molecule has 12 heteroatoms. The van der Waals surface area contributed by atoms with Gasteiger partial charge in [0.2, 0.25) is 5.89 Å². The molecule has 2 aromatic heterocycles. The van der Waals surface area contributed by atoms with Crippen LogP contribution < -0.4 is 15.8 Å². The summed E-state index contributed by atoms with van der Waals surface area (Å²) in [6.07, 6.45) is -5.41. The molecule has 3 rings (SSSR count). The van der Waals surface area contributed by atoms with E-state index in [0.717, 1.165) is 6.07 Å². The third kappa shape index (κ3) is 5.69. The Hall–Kier alpha value is -3.83. The molecule has 0 aliphatic heterocycles. The lowest BCUT2D eigenvalue weighted by molar-refractivity contribution is -0.140. The van der Waals surface area contributed by atoms with Gasteiger partial charge >= 0.3 is 12.3 Å². The normalized spacial score (nSPS) is 13.1. The van der Waals surface area contributed by atoms with Gasteiger partial charge < -0.3 is 24.9 Å². The molecule has 194 valence electrons. The lowest BCUT2D eigenvalue weighted by atomic mass is 10.0.